The number of halogens is 2. The molecule has 1 aromatic heterocycles. The van der Waals surface area contributed by atoms with E-state index in [9.17, 15) is 17.6 Å². The number of hydrogen-bond acceptors (Lipinski definition) is 4. The van der Waals surface area contributed by atoms with E-state index in [1.165, 1.54) is 36.4 Å². The summed E-state index contributed by atoms with van der Waals surface area (Å²) in [6.07, 6.45) is 0.418. The van der Waals surface area contributed by atoms with Gasteiger partial charge in [0.25, 0.3) is 0 Å². The lowest BCUT2D eigenvalue weighted by Gasteiger charge is -2.20. The number of carbonyl (C=O) groups excluding carboxylic acids is 1. The molecule has 206 valence electrons. The SMILES string of the molecule is CC(C)(C)NC(=O)NCCc1nc2cc(S(=O)(=O)NCc3ccc(F)cc3)ccc2n1Cc1ccccc1Cl. The number of benzene rings is 3. The van der Waals surface area contributed by atoms with Crippen LogP contribution in [0.5, 0.6) is 0 Å². The van der Waals surface area contributed by atoms with Gasteiger partial charge in [-0.25, -0.2) is 27.3 Å². The third kappa shape index (κ3) is 7.56. The summed E-state index contributed by atoms with van der Waals surface area (Å²) in [5.74, 6) is 0.287. The monoisotopic (exact) mass is 571 g/mol. The van der Waals surface area contributed by atoms with E-state index in [2.05, 4.69) is 15.4 Å². The molecule has 0 fully saturated rings. The van der Waals surface area contributed by atoms with Crippen molar-refractivity contribution in [2.45, 2.75) is 50.7 Å². The first-order valence-corrected chi connectivity index (χ1v) is 14.3. The fourth-order valence-electron chi connectivity index (χ4n) is 4.03. The maximum Gasteiger partial charge on any atom is 0.315 e. The summed E-state index contributed by atoms with van der Waals surface area (Å²) in [6, 6.07) is 17.6. The lowest BCUT2D eigenvalue weighted by atomic mass is 10.1. The van der Waals surface area contributed by atoms with Crippen molar-refractivity contribution in [1.29, 1.82) is 0 Å². The topological polar surface area (TPSA) is 105 Å². The van der Waals surface area contributed by atoms with Crippen LogP contribution in [0.3, 0.4) is 0 Å². The van der Waals surface area contributed by atoms with Crippen molar-refractivity contribution >= 4 is 38.7 Å². The number of urea groups is 1. The molecule has 0 aliphatic heterocycles. The van der Waals surface area contributed by atoms with Crippen LogP contribution >= 0.6 is 11.6 Å². The number of rotatable bonds is 9. The molecule has 4 rings (SSSR count). The number of carbonyl (C=O) groups is 1. The van der Waals surface area contributed by atoms with Gasteiger partial charge in [-0.1, -0.05) is 41.9 Å². The highest BCUT2D eigenvalue weighted by atomic mass is 35.5. The van der Waals surface area contributed by atoms with Crippen molar-refractivity contribution in [2.75, 3.05) is 6.54 Å². The number of nitrogens with one attached hydrogen (secondary N) is 3. The van der Waals surface area contributed by atoms with Crippen LogP contribution in [0.25, 0.3) is 11.0 Å². The van der Waals surface area contributed by atoms with Crippen LogP contribution in [-0.2, 0) is 29.5 Å². The van der Waals surface area contributed by atoms with Gasteiger partial charge in [-0.05, 0) is 68.3 Å². The summed E-state index contributed by atoms with van der Waals surface area (Å²) in [5.41, 5.74) is 2.39. The molecule has 0 saturated heterocycles. The molecular formula is C28H31ClFN5O3S. The summed E-state index contributed by atoms with van der Waals surface area (Å²) < 4.78 is 43.7. The number of aromatic nitrogens is 2. The van der Waals surface area contributed by atoms with Crippen molar-refractivity contribution in [1.82, 2.24) is 24.9 Å². The minimum Gasteiger partial charge on any atom is -0.338 e. The van der Waals surface area contributed by atoms with E-state index in [4.69, 9.17) is 16.6 Å². The van der Waals surface area contributed by atoms with Crippen LogP contribution in [0.15, 0.2) is 71.6 Å². The zero-order valence-electron chi connectivity index (χ0n) is 22.0. The summed E-state index contributed by atoms with van der Waals surface area (Å²) in [4.78, 5) is 17.0. The lowest BCUT2D eigenvalue weighted by molar-refractivity contribution is 0.232. The van der Waals surface area contributed by atoms with Crippen molar-refractivity contribution in [2.24, 2.45) is 0 Å². The lowest BCUT2D eigenvalue weighted by Crippen LogP contribution is -2.46. The molecule has 11 heteroatoms. The Morgan fingerprint density at radius 2 is 1.77 bits per heavy atom. The van der Waals surface area contributed by atoms with E-state index in [-0.39, 0.29) is 28.8 Å². The Morgan fingerprint density at radius 1 is 1.05 bits per heavy atom. The van der Waals surface area contributed by atoms with Crippen LogP contribution in [0, 0.1) is 5.82 Å². The predicted octanol–water partition coefficient (Wildman–Crippen LogP) is 5.00. The van der Waals surface area contributed by atoms with Gasteiger partial charge in [0.2, 0.25) is 10.0 Å². The second-order valence-corrected chi connectivity index (χ2v) is 12.4. The molecule has 4 aromatic rings. The van der Waals surface area contributed by atoms with E-state index in [1.807, 2.05) is 49.6 Å². The van der Waals surface area contributed by atoms with Gasteiger partial charge in [-0.3, -0.25) is 0 Å². The third-order valence-electron chi connectivity index (χ3n) is 5.90. The van der Waals surface area contributed by atoms with E-state index < -0.39 is 10.0 Å². The summed E-state index contributed by atoms with van der Waals surface area (Å²) in [5, 5.41) is 6.31. The van der Waals surface area contributed by atoms with E-state index in [1.54, 1.807) is 6.07 Å². The second kappa shape index (κ2) is 11.7. The average molecular weight is 572 g/mol. The van der Waals surface area contributed by atoms with E-state index in [0.717, 1.165) is 11.1 Å². The summed E-state index contributed by atoms with van der Waals surface area (Å²) in [6.45, 7) is 6.48. The molecule has 3 aromatic carbocycles. The van der Waals surface area contributed by atoms with Crippen LogP contribution in [0.1, 0.15) is 37.7 Å². The Morgan fingerprint density at radius 3 is 2.46 bits per heavy atom. The van der Waals surface area contributed by atoms with Gasteiger partial charge < -0.3 is 15.2 Å². The van der Waals surface area contributed by atoms with Crippen LogP contribution in [0.2, 0.25) is 5.02 Å². The quantitative estimate of drug-likeness (QED) is 0.263. The van der Waals surface area contributed by atoms with E-state index >= 15 is 0 Å². The Bertz CT molecular complexity index is 1580. The molecule has 3 N–H and O–H groups in total. The normalized spacial score (nSPS) is 12.0. The van der Waals surface area contributed by atoms with Crippen LogP contribution in [-0.4, -0.2) is 36.1 Å². The fraction of sp³-hybridized carbons (Fsp3) is 0.286. The van der Waals surface area contributed by atoms with Gasteiger partial charge >= 0.3 is 6.03 Å². The molecule has 0 spiro atoms. The number of nitrogens with zero attached hydrogens (tertiary/aromatic N) is 2. The van der Waals surface area contributed by atoms with Crippen molar-refractivity contribution in [3.63, 3.8) is 0 Å². The van der Waals surface area contributed by atoms with E-state index in [0.29, 0.717) is 41.4 Å². The Hall–Kier alpha value is -3.47. The smallest absolute Gasteiger partial charge is 0.315 e. The average Bonchev–Trinajstić information content (AvgIpc) is 3.20. The zero-order valence-corrected chi connectivity index (χ0v) is 23.5. The van der Waals surface area contributed by atoms with Gasteiger partial charge in [0.15, 0.2) is 0 Å². The molecule has 2 amide bonds. The first-order chi connectivity index (χ1) is 18.4. The molecule has 0 aliphatic rings. The highest BCUT2D eigenvalue weighted by molar-refractivity contribution is 7.89. The second-order valence-electron chi connectivity index (χ2n) is 10.2. The minimum atomic E-state index is -3.85. The standard InChI is InChI=1S/C28H31ClFN5O3S/c1-28(2,3)34-27(36)31-15-14-26-33-24-16-22(39(37,38)32-17-19-8-10-21(30)11-9-19)12-13-25(24)35(26)18-20-6-4-5-7-23(20)29/h4-13,16,32H,14-15,17-18H2,1-3H3,(H2,31,34,36). The maximum absolute atomic E-state index is 13.2. The number of hydrogen-bond donors (Lipinski definition) is 3. The maximum atomic E-state index is 13.2. The summed E-state index contributed by atoms with van der Waals surface area (Å²) >= 11 is 6.42. The van der Waals surface area contributed by atoms with Crippen LogP contribution in [0.4, 0.5) is 9.18 Å². The molecule has 0 atom stereocenters. The first-order valence-electron chi connectivity index (χ1n) is 12.4. The number of imidazole rings is 1. The molecule has 0 saturated carbocycles. The number of fused-ring (bicyclic) bond motifs is 1. The van der Waals surface area contributed by atoms with Gasteiger partial charge in [0.1, 0.15) is 11.6 Å². The fourth-order valence-corrected chi connectivity index (χ4v) is 5.26. The minimum absolute atomic E-state index is 0.0230. The molecule has 0 radical (unpaired) electrons. The summed E-state index contributed by atoms with van der Waals surface area (Å²) in [7, 11) is -3.85. The Labute approximate surface area is 232 Å². The highest BCUT2D eigenvalue weighted by Gasteiger charge is 2.19. The zero-order chi connectivity index (χ0) is 28.2. The third-order valence-corrected chi connectivity index (χ3v) is 7.67. The molecular weight excluding hydrogens is 541 g/mol. The predicted molar refractivity (Wildman–Crippen MR) is 151 cm³/mol. The van der Waals surface area contributed by atoms with Crippen LogP contribution < -0.4 is 15.4 Å². The van der Waals surface area contributed by atoms with Gasteiger partial charge in [0, 0.05) is 30.1 Å². The van der Waals surface area contributed by atoms with Gasteiger partial charge in [-0.15, -0.1) is 0 Å². The highest BCUT2D eigenvalue weighted by Crippen LogP contribution is 2.24. The molecule has 39 heavy (non-hydrogen) atoms. The van der Waals surface area contributed by atoms with Crippen molar-refractivity contribution in [3.8, 4) is 0 Å². The Kier molecular flexibility index (Phi) is 8.58. The molecule has 8 nitrogen and oxygen atoms in total. The van der Waals surface area contributed by atoms with Gasteiger partial charge in [0.05, 0.1) is 22.5 Å². The van der Waals surface area contributed by atoms with Gasteiger partial charge in [-0.2, -0.15) is 0 Å². The molecule has 0 aliphatic carbocycles. The molecule has 0 unspecified atom stereocenters. The first kappa shape index (κ1) is 28.5. The van der Waals surface area contributed by atoms with Crippen molar-refractivity contribution in [3.05, 3.63) is 94.5 Å². The molecule has 1 heterocycles. The van der Waals surface area contributed by atoms with Crippen molar-refractivity contribution < 1.29 is 17.6 Å². The number of amides is 2. The molecule has 0 bridgehead atoms. The largest absolute Gasteiger partial charge is 0.338 e. The number of sulfonamides is 1. The Balaban J connectivity index is 1.60.